The van der Waals surface area contributed by atoms with Crippen molar-refractivity contribution >= 4 is 11.8 Å². The van der Waals surface area contributed by atoms with Crippen LogP contribution in [0.3, 0.4) is 0 Å². The molecule has 49 heavy (non-hydrogen) atoms. The lowest BCUT2D eigenvalue weighted by Gasteiger charge is -2.43. The summed E-state index contributed by atoms with van der Waals surface area (Å²) >= 11 is 0. The molecule has 7 rings (SSSR count). The molecule has 0 unspecified atom stereocenters. The first-order valence-corrected chi connectivity index (χ1v) is 17.4. The zero-order valence-electron chi connectivity index (χ0n) is 28.0. The summed E-state index contributed by atoms with van der Waals surface area (Å²) in [6, 6.07) is 31.7. The van der Waals surface area contributed by atoms with Crippen molar-refractivity contribution in [3.63, 3.8) is 0 Å². The van der Waals surface area contributed by atoms with E-state index in [2.05, 4.69) is 54.8 Å². The fourth-order valence-corrected chi connectivity index (χ4v) is 7.68. The lowest BCUT2D eigenvalue weighted by Crippen LogP contribution is -2.47. The molecule has 7 nitrogen and oxygen atoms in total. The smallest absolute Gasteiger partial charge is 0.261 e. The number of hydrogen-bond acceptors (Lipinski definition) is 6. The number of hydrogen-bond donors (Lipinski definition) is 1. The minimum Gasteiger partial charge on any atom is -0.392 e. The molecular formula is C42H44N2O5. The molecule has 0 radical (unpaired) electrons. The minimum atomic E-state index is -0.569. The molecule has 1 saturated carbocycles. The number of carbonyl (C=O) groups excluding carboxylic acids is 2. The highest BCUT2D eigenvalue weighted by atomic mass is 16.7. The van der Waals surface area contributed by atoms with E-state index in [1.807, 2.05) is 42.5 Å². The summed E-state index contributed by atoms with van der Waals surface area (Å²) in [6.07, 6.45) is 6.11. The molecule has 7 heteroatoms. The zero-order valence-corrected chi connectivity index (χ0v) is 28.0. The van der Waals surface area contributed by atoms with Crippen molar-refractivity contribution in [1.29, 1.82) is 0 Å². The van der Waals surface area contributed by atoms with E-state index in [1.54, 1.807) is 24.3 Å². The molecule has 0 aromatic heterocycles. The van der Waals surface area contributed by atoms with E-state index in [-0.39, 0.29) is 43.1 Å². The van der Waals surface area contributed by atoms with Crippen LogP contribution in [0.5, 0.6) is 0 Å². The molecule has 1 aliphatic carbocycles. The third-order valence-corrected chi connectivity index (χ3v) is 10.5. The second kappa shape index (κ2) is 14.6. The number of carbonyl (C=O) groups is 2. The van der Waals surface area contributed by atoms with Crippen LogP contribution in [0.15, 0.2) is 110 Å². The van der Waals surface area contributed by atoms with Gasteiger partial charge in [0.05, 0.1) is 36.5 Å². The van der Waals surface area contributed by atoms with Crippen molar-refractivity contribution in [2.24, 2.45) is 5.92 Å². The van der Waals surface area contributed by atoms with Crippen molar-refractivity contribution in [3.05, 3.63) is 143 Å². The van der Waals surface area contributed by atoms with Gasteiger partial charge in [0.2, 0.25) is 0 Å². The first-order chi connectivity index (χ1) is 23.9. The van der Waals surface area contributed by atoms with Crippen molar-refractivity contribution in [1.82, 2.24) is 9.80 Å². The van der Waals surface area contributed by atoms with Gasteiger partial charge in [0, 0.05) is 30.6 Å². The molecule has 2 aliphatic heterocycles. The third kappa shape index (κ3) is 6.77. The number of benzene rings is 4. The van der Waals surface area contributed by atoms with E-state index < -0.39 is 6.29 Å². The van der Waals surface area contributed by atoms with Gasteiger partial charge in [0.1, 0.15) is 0 Å². The van der Waals surface area contributed by atoms with Gasteiger partial charge in [-0.3, -0.25) is 19.4 Å². The molecular weight excluding hydrogens is 612 g/mol. The molecule has 4 atom stereocenters. The average Bonchev–Trinajstić information content (AvgIpc) is 3.77. The number of amides is 2. The molecule has 0 spiro atoms. The molecule has 2 fully saturated rings. The SMILES string of the molecule is C=CCN(C[C@H]1O[C@@H](c2ccc(-c3ccccc3CN3C(=O)c4ccccc4C3=O)cc2)O[C@@H](c2ccc(CO)cc2)[C@H]1C)C1CCCC1. The summed E-state index contributed by atoms with van der Waals surface area (Å²) in [5, 5.41) is 9.63. The maximum absolute atomic E-state index is 13.1. The number of aliphatic hydroxyl groups is 1. The number of aliphatic hydroxyl groups excluding tert-OH is 1. The van der Waals surface area contributed by atoms with Crippen molar-refractivity contribution in [3.8, 4) is 11.1 Å². The predicted octanol–water partition coefficient (Wildman–Crippen LogP) is 7.86. The molecule has 1 N–H and O–H groups in total. The maximum Gasteiger partial charge on any atom is 0.261 e. The van der Waals surface area contributed by atoms with Gasteiger partial charge in [0.15, 0.2) is 6.29 Å². The molecule has 4 aromatic rings. The Labute approximate surface area is 288 Å². The molecule has 2 amide bonds. The summed E-state index contributed by atoms with van der Waals surface area (Å²) in [5.41, 5.74) is 6.59. The Morgan fingerprint density at radius 3 is 2.06 bits per heavy atom. The Hall–Kier alpha value is -4.40. The summed E-state index contributed by atoms with van der Waals surface area (Å²) < 4.78 is 13.6. The van der Waals surface area contributed by atoms with Crippen LogP contribution in [0, 0.1) is 5.92 Å². The van der Waals surface area contributed by atoms with Gasteiger partial charge < -0.3 is 14.6 Å². The standard InChI is InChI=1S/C42H44N2O5/c1-3-24-43(34-11-5-6-12-34)26-38-28(2)39(31-18-16-29(27-45)17-19-31)49-42(48-38)32-22-20-30(21-23-32)35-13-7-4-10-33(35)25-44-40(46)36-14-8-9-15-37(36)41(44)47/h3-4,7-10,13-23,28,34,38-39,42,45H,1,5-6,11-12,24-27H2,2H3/t28-,38+,39+,42+/m0/s1. The Bertz CT molecular complexity index is 1760. The molecule has 3 aliphatic rings. The molecule has 252 valence electrons. The van der Waals surface area contributed by atoms with Crippen LogP contribution >= 0.6 is 0 Å². The highest BCUT2D eigenvalue weighted by Crippen LogP contribution is 2.43. The van der Waals surface area contributed by atoms with Crippen molar-refractivity contribution < 1.29 is 24.2 Å². The Morgan fingerprint density at radius 2 is 1.43 bits per heavy atom. The lowest BCUT2D eigenvalue weighted by atomic mass is 9.89. The highest BCUT2D eigenvalue weighted by Gasteiger charge is 2.40. The van der Waals surface area contributed by atoms with E-state index in [0.29, 0.717) is 17.2 Å². The van der Waals surface area contributed by atoms with E-state index in [4.69, 9.17) is 9.47 Å². The Morgan fingerprint density at radius 1 is 0.816 bits per heavy atom. The first kappa shape index (κ1) is 33.1. The van der Waals surface area contributed by atoms with Gasteiger partial charge in [-0.2, -0.15) is 0 Å². The van der Waals surface area contributed by atoms with Crippen LogP contribution in [-0.2, 0) is 22.6 Å². The fraction of sp³-hybridized carbons (Fsp3) is 0.333. The molecule has 1 saturated heterocycles. The van der Waals surface area contributed by atoms with Gasteiger partial charge in [-0.05, 0) is 52.8 Å². The molecule has 0 bridgehead atoms. The molecule has 2 heterocycles. The van der Waals surface area contributed by atoms with Crippen LogP contribution in [0.25, 0.3) is 11.1 Å². The third-order valence-electron chi connectivity index (χ3n) is 10.5. The molecule has 4 aromatic carbocycles. The van der Waals surface area contributed by atoms with Crippen molar-refractivity contribution in [2.45, 2.75) is 70.3 Å². The van der Waals surface area contributed by atoms with Crippen molar-refractivity contribution in [2.75, 3.05) is 13.1 Å². The average molecular weight is 657 g/mol. The summed E-state index contributed by atoms with van der Waals surface area (Å²) in [5.74, 6) is -0.430. The topological polar surface area (TPSA) is 79.3 Å². The van der Waals surface area contributed by atoms with Gasteiger partial charge in [0.25, 0.3) is 11.8 Å². The quantitative estimate of drug-likeness (QED) is 0.131. The van der Waals surface area contributed by atoms with Crippen LogP contribution in [0.2, 0.25) is 0 Å². The van der Waals surface area contributed by atoms with Gasteiger partial charge in [-0.1, -0.05) is 111 Å². The normalized spacial score (nSPS) is 22.6. The van der Waals surface area contributed by atoms with E-state index >= 15 is 0 Å². The monoisotopic (exact) mass is 656 g/mol. The van der Waals surface area contributed by atoms with Crippen LogP contribution < -0.4 is 0 Å². The largest absolute Gasteiger partial charge is 0.392 e. The van der Waals surface area contributed by atoms with Crippen LogP contribution in [0.4, 0.5) is 0 Å². The van der Waals surface area contributed by atoms with Gasteiger partial charge >= 0.3 is 0 Å². The first-order valence-electron chi connectivity index (χ1n) is 17.4. The van der Waals surface area contributed by atoms with Gasteiger partial charge in [-0.25, -0.2) is 0 Å². The number of nitrogens with zero attached hydrogens (tertiary/aromatic N) is 2. The van der Waals surface area contributed by atoms with E-state index in [1.165, 1.54) is 30.6 Å². The second-order valence-corrected chi connectivity index (χ2v) is 13.5. The number of rotatable bonds is 11. The second-order valence-electron chi connectivity index (χ2n) is 13.5. The lowest BCUT2D eigenvalue weighted by molar-refractivity contribution is -0.276. The highest BCUT2D eigenvalue weighted by molar-refractivity contribution is 6.21. The predicted molar refractivity (Wildman–Crippen MR) is 190 cm³/mol. The van der Waals surface area contributed by atoms with Crippen LogP contribution in [0.1, 0.15) is 88.0 Å². The minimum absolute atomic E-state index is 0.00138. The summed E-state index contributed by atoms with van der Waals surface area (Å²) in [6.45, 7) is 8.07. The summed E-state index contributed by atoms with van der Waals surface area (Å²) in [7, 11) is 0. The Balaban J connectivity index is 1.14. The van der Waals surface area contributed by atoms with E-state index in [0.717, 1.165) is 46.5 Å². The van der Waals surface area contributed by atoms with E-state index in [9.17, 15) is 14.7 Å². The number of imide groups is 1. The fourth-order valence-electron chi connectivity index (χ4n) is 7.68. The Kier molecular flexibility index (Phi) is 9.87. The number of fused-ring (bicyclic) bond motifs is 1. The van der Waals surface area contributed by atoms with Gasteiger partial charge in [-0.15, -0.1) is 6.58 Å². The maximum atomic E-state index is 13.1. The number of ether oxygens (including phenoxy) is 2. The van der Waals surface area contributed by atoms with Crippen LogP contribution in [-0.4, -0.2) is 52.0 Å². The zero-order chi connectivity index (χ0) is 33.9. The summed E-state index contributed by atoms with van der Waals surface area (Å²) in [4.78, 5) is 30.1.